The van der Waals surface area contributed by atoms with E-state index in [-0.39, 0.29) is 0 Å². The van der Waals surface area contributed by atoms with Gasteiger partial charge in [0.25, 0.3) is 0 Å². The Morgan fingerprint density at radius 1 is 0.789 bits per heavy atom. The van der Waals surface area contributed by atoms with Crippen molar-refractivity contribution in [2.75, 3.05) is 0 Å². The molecule has 90 valence electrons. The lowest BCUT2D eigenvalue weighted by atomic mass is 9.96. The van der Waals surface area contributed by atoms with Gasteiger partial charge in [0.15, 0.2) is 0 Å². The molecular weight excluding hydrogens is 228 g/mol. The first kappa shape index (κ1) is 10.6. The molecule has 0 unspecified atom stereocenters. The molecule has 0 radical (unpaired) electrons. The highest BCUT2D eigenvalue weighted by Gasteiger charge is 2.22. The van der Waals surface area contributed by atoms with Gasteiger partial charge in [-0.05, 0) is 45.0 Å². The highest BCUT2D eigenvalue weighted by Crippen LogP contribution is 2.48. The first-order valence-corrected chi connectivity index (χ1v) is 6.65. The summed E-state index contributed by atoms with van der Waals surface area (Å²) in [6.07, 6.45) is 2.91. The Hall–Kier alpha value is -2.34. The topological polar surface area (TPSA) is 0 Å². The van der Waals surface area contributed by atoms with Crippen molar-refractivity contribution in [3.8, 4) is 22.3 Å². The summed E-state index contributed by atoms with van der Waals surface area (Å²) in [5, 5.41) is 2.74. The van der Waals surface area contributed by atoms with Crippen LogP contribution in [0.2, 0.25) is 0 Å². The molecule has 4 rings (SSSR count). The van der Waals surface area contributed by atoms with Crippen LogP contribution in [0.1, 0.15) is 5.56 Å². The molecule has 0 heterocycles. The van der Waals surface area contributed by atoms with Gasteiger partial charge in [0.2, 0.25) is 0 Å². The van der Waals surface area contributed by atoms with E-state index in [1.807, 2.05) is 6.08 Å². The van der Waals surface area contributed by atoms with Gasteiger partial charge in [-0.3, -0.25) is 0 Å². The van der Waals surface area contributed by atoms with E-state index in [1.165, 1.54) is 38.6 Å². The molecular formula is C19H14. The quantitative estimate of drug-likeness (QED) is 0.423. The molecule has 0 aliphatic heterocycles. The zero-order valence-electron chi connectivity index (χ0n) is 10.7. The molecule has 0 heteroatoms. The second-order valence-corrected chi connectivity index (χ2v) is 5.04. The summed E-state index contributed by atoms with van der Waals surface area (Å²) in [7, 11) is 0. The van der Waals surface area contributed by atoms with Gasteiger partial charge in [0.1, 0.15) is 0 Å². The van der Waals surface area contributed by atoms with Crippen LogP contribution in [-0.4, -0.2) is 0 Å². The molecule has 3 aromatic rings. The van der Waals surface area contributed by atoms with Crippen molar-refractivity contribution in [2.24, 2.45) is 0 Å². The van der Waals surface area contributed by atoms with Crippen LogP contribution in [0.25, 0.3) is 33.0 Å². The maximum atomic E-state index is 3.88. The lowest BCUT2D eigenvalue weighted by Gasteiger charge is -2.08. The van der Waals surface area contributed by atoms with Gasteiger partial charge in [-0.15, -0.1) is 6.58 Å². The first-order chi connectivity index (χ1) is 9.40. The van der Waals surface area contributed by atoms with E-state index in [9.17, 15) is 0 Å². The summed E-state index contributed by atoms with van der Waals surface area (Å²) in [4.78, 5) is 0. The Morgan fingerprint density at radius 3 is 2.42 bits per heavy atom. The van der Waals surface area contributed by atoms with E-state index >= 15 is 0 Å². The van der Waals surface area contributed by atoms with E-state index < -0.39 is 0 Å². The Bertz CT molecular complexity index is 809. The van der Waals surface area contributed by atoms with Gasteiger partial charge in [-0.1, -0.05) is 60.7 Å². The Kier molecular flexibility index (Phi) is 2.13. The van der Waals surface area contributed by atoms with Crippen LogP contribution in [0.3, 0.4) is 0 Å². The van der Waals surface area contributed by atoms with Crippen LogP contribution in [0.4, 0.5) is 0 Å². The first-order valence-electron chi connectivity index (χ1n) is 6.65. The molecule has 0 fully saturated rings. The molecule has 0 amide bonds. The second-order valence-electron chi connectivity index (χ2n) is 5.04. The SMILES string of the molecule is C=CCc1ccc2cccc3c2c1-c1ccccc1-3. The predicted octanol–water partition coefficient (Wildman–Crippen LogP) is 5.22. The maximum Gasteiger partial charge on any atom is -0.00235 e. The molecule has 0 N–H and O–H groups in total. The van der Waals surface area contributed by atoms with Crippen LogP contribution in [-0.2, 0) is 6.42 Å². The average molecular weight is 242 g/mol. The molecule has 0 saturated heterocycles. The molecule has 0 spiro atoms. The summed E-state index contributed by atoms with van der Waals surface area (Å²) < 4.78 is 0. The Balaban J connectivity index is 2.21. The lowest BCUT2D eigenvalue weighted by molar-refractivity contribution is 1.29. The lowest BCUT2D eigenvalue weighted by Crippen LogP contribution is -1.87. The molecule has 0 atom stereocenters. The third-order valence-corrected chi connectivity index (χ3v) is 3.98. The van der Waals surface area contributed by atoms with Gasteiger partial charge in [0.05, 0.1) is 0 Å². The van der Waals surface area contributed by atoms with Crippen LogP contribution in [0.5, 0.6) is 0 Å². The molecule has 0 saturated carbocycles. The van der Waals surface area contributed by atoms with Crippen molar-refractivity contribution in [1.29, 1.82) is 0 Å². The maximum absolute atomic E-state index is 3.88. The van der Waals surface area contributed by atoms with Crippen molar-refractivity contribution in [3.05, 3.63) is 72.8 Å². The second kappa shape index (κ2) is 3.83. The fourth-order valence-electron chi connectivity index (χ4n) is 3.22. The molecule has 1 aliphatic rings. The highest BCUT2D eigenvalue weighted by molar-refractivity contribution is 6.16. The zero-order valence-corrected chi connectivity index (χ0v) is 10.7. The van der Waals surface area contributed by atoms with E-state index in [1.54, 1.807) is 0 Å². The van der Waals surface area contributed by atoms with Gasteiger partial charge >= 0.3 is 0 Å². The van der Waals surface area contributed by atoms with E-state index in [0.717, 1.165) is 6.42 Å². The van der Waals surface area contributed by atoms with E-state index in [0.29, 0.717) is 0 Å². The monoisotopic (exact) mass is 242 g/mol. The van der Waals surface area contributed by atoms with Crippen LogP contribution >= 0.6 is 0 Å². The molecule has 0 nitrogen and oxygen atoms in total. The molecule has 3 aromatic carbocycles. The number of hydrogen-bond donors (Lipinski definition) is 0. The van der Waals surface area contributed by atoms with Crippen molar-refractivity contribution >= 4 is 10.8 Å². The number of rotatable bonds is 2. The smallest absolute Gasteiger partial charge is 0.00235 e. The van der Waals surface area contributed by atoms with Crippen LogP contribution < -0.4 is 0 Å². The normalized spacial score (nSPS) is 11.6. The summed E-state index contributed by atoms with van der Waals surface area (Å²) in [6.45, 7) is 3.88. The third-order valence-electron chi connectivity index (χ3n) is 3.98. The number of allylic oxidation sites excluding steroid dienone is 1. The fourth-order valence-corrected chi connectivity index (χ4v) is 3.22. The predicted molar refractivity (Wildman–Crippen MR) is 82.3 cm³/mol. The van der Waals surface area contributed by atoms with Crippen LogP contribution in [0.15, 0.2) is 67.3 Å². The van der Waals surface area contributed by atoms with Gasteiger partial charge in [0, 0.05) is 0 Å². The molecule has 1 aliphatic carbocycles. The number of hydrogen-bond acceptors (Lipinski definition) is 0. The molecule has 0 aromatic heterocycles. The number of benzene rings is 3. The minimum absolute atomic E-state index is 0.925. The zero-order chi connectivity index (χ0) is 12.8. The summed E-state index contributed by atoms with van der Waals surface area (Å²) >= 11 is 0. The Labute approximate surface area is 113 Å². The van der Waals surface area contributed by atoms with Crippen molar-refractivity contribution in [2.45, 2.75) is 6.42 Å². The minimum atomic E-state index is 0.925. The van der Waals surface area contributed by atoms with Gasteiger partial charge < -0.3 is 0 Å². The number of fused-ring (bicyclic) bond motifs is 3. The van der Waals surface area contributed by atoms with Gasteiger partial charge in [-0.25, -0.2) is 0 Å². The summed E-state index contributed by atoms with van der Waals surface area (Å²) in [6, 6.07) is 19.8. The average Bonchev–Trinajstić information content (AvgIpc) is 2.80. The fraction of sp³-hybridized carbons (Fsp3) is 0.0526. The van der Waals surface area contributed by atoms with Crippen molar-refractivity contribution < 1.29 is 0 Å². The third kappa shape index (κ3) is 1.34. The minimum Gasteiger partial charge on any atom is -0.103 e. The van der Waals surface area contributed by atoms with Crippen molar-refractivity contribution in [3.63, 3.8) is 0 Å². The molecule has 19 heavy (non-hydrogen) atoms. The highest BCUT2D eigenvalue weighted by atomic mass is 14.2. The van der Waals surface area contributed by atoms with Gasteiger partial charge in [-0.2, -0.15) is 0 Å². The summed E-state index contributed by atoms with van der Waals surface area (Å²) in [5.74, 6) is 0. The van der Waals surface area contributed by atoms with E-state index in [2.05, 4.69) is 61.2 Å². The largest absolute Gasteiger partial charge is 0.103 e. The Morgan fingerprint density at radius 2 is 1.58 bits per heavy atom. The van der Waals surface area contributed by atoms with Crippen molar-refractivity contribution in [1.82, 2.24) is 0 Å². The summed E-state index contributed by atoms with van der Waals surface area (Å²) in [5.41, 5.74) is 6.88. The molecule has 0 bridgehead atoms. The standard InChI is InChI=1S/C19H14/c1-2-6-13-11-12-14-7-5-10-17-15-8-3-4-9-16(15)18(13)19(14)17/h2-5,7-12H,1,6H2. The van der Waals surface area contributed by atoms with Crippen LogP contribution in [0, 0.1) is 0 Å². The van der Waals surface area contributed by atoms with E-state index in [4.69, 9.17) is 0 Å².